The molecule has 86 valence electrons. The summed E-state index contributed by atoms with van der Waals surface area (Å²) in [6.07, 6.45) is 0. The molecule has 0 aliphatic heterocycles. The molecule has 3 heteroatoms. The van der Waals surface area contributed by atoms with Gasteiger partial charge in [0.1, 0.15) is 7.85 Å². The first-order valence-corrected chi connectivity index (χ1v) is 6.48. The molecule has 1 aromatic heterocycles. The second-order valence-electron chi connectivity index (χ2n) is 4.56. The Morgan fingerprint density at radius 1 is 1.18 bits per heavy atom. The van der Waals surface area contributed by atoms with Crippen LogP contribution in [0.3, 0.4) is 0 Å². The van der Waals surface area contributed by atoms with E-state index in [-0.39, 0.29) is 0 Å². The van der Waals surface area contributed by atoms with Crippen LogP contribution in [0.1, 0.15) is 10.4 Å². The Bertz CT molecular complexity index is 517. The first kappa shape index (κ1) is 12.4. The molecule has 0 aliphatic carbocycles. The topological polar surface area (TPSA) is 3.24 Å². The van der Waals surface area contributed by atoms with Gasteiger partial charge in [-0.15, -0.1) is 11.3 Å². The van der Waals surface area contributed by atoms with E-state index in [1.165, 1.54) is 20.9 Å². The molecule has 2 aromatic rings. The van der Waals surface area contributed by atoms with Gasteiger partial charge in [0.25, 0.3) is 0 Å². The number of nitrogens with zero attached hydrogens (tertiary/aromatic N) is 1. The molecule has 1 heterocycles. The molecular formula is C14H16BNS. The first-order valence-electron chi connectivity index (χ1n) is 5.66. The minimum absolute atomic E-state index is 0.832. The summed E-state index contributed by atoms with van der Waals surface area (Å²) in [5.41, 5.74) is 3.42. The van der Waals surface area contributed by atoms with Crippen LogP contribution < -0.4 is 5.46 Å². The normalized spacial score (nSPS) is 11.1. The van der Waals surface area contributed by atoms with E-state index in [0.717, 1.165) is 12.0 Å². The van der Waals surface area contributed by atoms with E-state index in [1.54, 1.807) is 0 Å². The van der Waals surface area contributed by atoms with E-state index in [9.17, 15) is 0 Å². The van der Waals surface area contributed by atoms with Crippen molar-refractivity contribution >= 4 is 24.6 Å². The zero-order valence-corrected chi connectivity index (χ0v) is 11.3. The van der Waals surface area contributed by atoms with Crippen molar-refractivity contribution in [2.24, 2.45) is 0 Å². The lowest BCUT2D eigenvalue weighted by atomic mass is 9.91. The first-order chi connectivity index (χ1) is 8.06. The van der Waals surface area contributed by atoms with Crippen molar-refractivity contribution in [2.45, 2.75) is 13.5 Å². The second-order valence-corrected chi connectivity index (χ2v) is 5.85. The van der Waals surface area contributed by atoms with E-state index >= 15 is 0 Å². The van der Waals surface area contributed by atoms with Crippen molar-refractivity contribution in [1.82, 2.24) is 4.90 Å². The molecule has 17 heavy (non-hydrogen) atoms. The van der Waals surface area contributed by atoms with Gasteiger partial charge >= 0.3 is 0 Å². The van der Waals surface area contributed by atoms with Crippen LogP contribution >= 0.6 is 11.3 Å². The summed E-state index contributed by atoms with van der Waals surface area (Å²) in [6.45, 7) is 3.05. The molecule has 0 atom stereocenters. The standard InChI is InChI=1S/C14H16BNS/c1-10-4-7-14(17-10)13-6-5-12(15)8-11(13)9-16(2)3/h4-8H,9H2,1-3H3. The fraction of sp³-hybridized carbons (Fsp3) is 0.286. The van der Waals surface area contributed by atoms with Crippen molar-refractivity contribution < 1.29 is 0 Å². The molecule has 2 radical (unpaired) electrons. The summed E-state index contributed by atoms with van der Waals surface area (Å²) in [5.74, 6) is 0. The fourth-order valence-electron chi connectivity index (χ4n) is 1.90. The molecule has 0 N–H and O–H groups in total. The monoisotopic (exact) mass is 241 g/mol. The van der Waals surface area contributed by atoms with Gasteiger partial charge in [0, 0.05) is 16.3 Å². The van der Waals surface area contributed by atoms with Crippen LogP contribution in [-0.4, -0.2) is 26.8 Å². The average molecular weight is 241 g/mol. The molecule has 1 nitrogen and oxygen atoms in total. The summed E-state index contributed by atoms with van der Waals surface area (Å²) in [5, 5.41) is 0. The number of benzene rings is 1. The smallest absolute Gasteiger partial charge is 0.113 e. The maximum absolute atomic E-state index is 5.87. The zero-order chi connectivity index (χ0) is 12.4. The van der Waals surface area contributed by atoms with Gasteiger partial charge in [-0.2, -0.15) is 0 Å². The van der Waals surface area contributed by atoms with Crippen LogP contribution in [0.25, 0.3) is 10.4 Å². The number of aryl methyl sites for hydroxylation is 1. The predicted molar refractivity (Wildman–Crippen MR) is 77.3 cm³/mol. The lowest BCUT2D eigenvalue weighted by Gasteiger charge is -2.14. The van der Waals surface area contributed by atoms with Gasteiger partial charge in [-0.3, -0.25) is 0 Å². The molecule has 1 aromatic carbocycles. The molecule has 0 unspecified atom stereocenters. The quantitative estimate of drug-likeness (QED) is 0.746. The highest BCUT2D eigenvalue weighted by molar-refractivity contribution is 7.15. The van der Waals surface area contributed by atoms with Crippen molar-refractivity contribution in [2.75, 3.05) is 14.1 Å². The highest BCUT2D eigenvalue weighted by atomic mass is 32.1. The van der Waals surface area contributed by atoms with Gasteiger partial charge in [-0.05, 0) is 44.3 Å². The third-order valence-electron chi connectivity index (χ3n) is 2.62. The van der Waals surface area contributed by atoms with E-state index in [0.29, 0.717) is 0 Å². The third kappa shape index (κ3) is 2.99. The van der Waals surface area contributed by atoms with Crippen LogP contribution in [0, 0.1) is 6.92 Å². The van der Waals surface area contributed by atoms with Crippen molar-refractivity contribution in [1.29, 1.82) is 0 Å². The van der Waals surface area contributed by atoms with Gasteiger partial charge in [0.2, 0.25) is 0 Å². The van der Waals surface area contributed by atoms with E-state index < -0.39 is 0 Å². The molecule has 2 rings (SSSR count). The minimum Gasteiger partial charge on any atom is -0.305 e. The molecule has 0 saturated heterocycles. The van der Waals surface area contributed by atoms with Crippen LogP contribution in [0.15, 0.2) is 30.3 Å². The molecule has 0 saturated carbocycles. The van der Waals surface area contributed by atoms with Crippen molar-refractivity contribution in [3.8, 4) is 10.4 Å². The minimum atomic E-state index is 0.832. The summed E-state index contributed by atoms with van der Waals surface area (Å²) in [6, 6.07) is 10.5. The molecular weight excluding hydrogens is 225 g/mol. The Kier molecular flexibility index (Phi) is 3.70. The van der Waals surface area contributed by atoms with E-state index in [1.807, 2.05) is 17.4 Å². The number of thiophene rings is 1. The lowest BCUT2D eigenvalue weighted by Crippen LogP contribution is -2.14. The van der Waals surface area contributed by atoms with Crippen molar-refractivity contribution in [3.05, 3.63) is 40.8 Å². The van der Waals surface area contributed by atoms with Crippen LogP contribution in [0.2, 0.25) is 0 Å². The Balaban J connectivity index is 2.45. The number of rotatable bonds is 3. The SMILES string of the molecule is [B]c1ccc(-c2ccc(C)s2)c(CN(C)C)c1. The average Bonchev–Trinajstić information content (AvgIpc) is 2.64. The van der Waals surface area contributed by atoms with Crippen LogP contribution in [-0.2, 0) is 6.54 Å². The van der Waals surface area contributed by atoms with Gasteiger partial charge in [0.05, 0.1) is 0 Å². The zero-order valence-electron chi connectivity index (χ0n) is 10.5. The molecule has 0 bridgehead atoms. The highest BCUT2D eigenvalue weighted by Gasteiger charge is 2.08. The van der Waals surface area contributed by atoms with Gasteiger partial charge in [-0.1, -0.05) is 23.7 Å². The molecule has 0 amide bonds. The summed E-state index contributed by atoms with van der Waals surface area (Å²) in [7, 11) is 10.0. The van der Waals surface area contributed by atoms with Crippen LogP contribution in [0.5, 0.6) is 0 Å². The fourth-order valence-corrected chi connectivity index (χ4v) is 2.83. The Morgan fingerprint density at radius 2 is 1.94 bits per heavy atom. The molecule has 0 aliphatic rings. The summed E-state index contributed by atoms with van der Waals surface area (Å²) >= 11 is 1.83. The number of hydrogen-bond acceptors (Lipinski definition) is 2. The molecule has 0 spiro atoms. The largest absolute Gasteiger partial charge is 0.305 e. The number of hydrogen-bond donors (Lipinski definition) is 0. The second kappa shape index (κ2) is 5.07. The summed E-state index contributed by atoms with van der Waals surface area (Å²) in [4.78, 5) is 4.82. The maximum atomic E-state index is 5.87. The Morgan fingerprint density at radius 3 is 2.53 bits per heavy atom. The van der Waals surface area contributed by atoms with E-state index in [2.05, 4.69) is 50.2 Å². The predicted octanol–water partition coefficient (Wildman–Crippen LogP) is 2.58. The van der Waals surface area contributed by atoms with E-state index in [4.69, 9.17) is 7.85 Å². The van der Waals surface area contributed by atoms with Gasteiger partial charge in [-0.25, -0.2) is 0 Å². The van der Waals surface area contributed by atoms with Gasteiger partial charge in [0.15, 0.2) is 0 Å². The van der Waals surface area contributed by atoms with Gasteiger partial charge < -0.3 is 4.90 Å². The summed E-state index contributed by atoms with van der Waals surface area (Å²) < 4.78 is 0. The third-order valence-corrected chi connectivity index (χ3v) is 3.66. The van der Waals surface area contributed by atoms with Crippen molar-refractivity contribution in [3.63, 3.8) is 0 Å². The Hall–Kier alpha value is -1.06. The molecule has 0 fully saturated rings. The highest BCUT2D eigenvalue weighted by Crippen LogP contribution is 2.30. The van der Waals surface area contributed by atoms with Crippen LogP contribution in [0.4, 0.5) is 0 Å². The Labute approximate surface area is 109 Å². The maximum Gasteiger partial charge on any atom is 0.113 e. The lowest BCUT2D eigenvalue weighted by molar-refractivity contribution is 0.403.